The van der Waals surface area contributed by atoms with Gasteiger partial charge in [0.15, 0.2) is 0 Å². The number of rotatable bonds is 5. The van der Waals surface area contributed by atoms with Gasteiger partial charge in [-0.1, -0.05) is 30.3 Å². The van der Waals surface area contributed by atoms with Gasteiger partial charge in [0.2, 0.25) is 0 Å². The second kappa shape index (κ2) is 5.84. The number of carboxylic acids is 1. The summed E-state index contributed by atoms with van der Waals surface area (Å²) in [6.07, 6.45) is 1.41. The van der Waals surface area contributed by atoms with Gasteiger partial charge in [0.1, 0.15) is 6.04 Å². The standard InChI is InChI=1S/C14H17NO4/c1-19-14(18)12(9-5-3-2-4-6-9)15-11-8-7-10(11)13(16)17/h2-6,10-12,15H,7-8H2,1H3,(H,16,17). The lowest BCUT2D eigenvalue weighted by Gasteiger charge is -2.36. The summed E-state index contributed by atoms with van der Waals surface area (Å²) in [5, 5.41) is 12.1. The average Bonchev–Trinajstić information content (AvgIpc) is 2.38. The molecular formula is C14H17NO4. The number of esters is 1. The first-order valence-electron chi connectivity index (χ1n) is 6.25. The van der Waals surface area contributed by atoms with Gasteiger partial charge in [-0.2, -0.15) is 0 Å². The summed E-state index contributed by atoms with van der Waals surface area (Å²) in [4.78, 5) is 22.8. The van der Waals surface area contributed by atoms with Crippen molar-refractivity contribution in [2.24, 2.45) is 5.92 Å². The largest absolute Gasteiger partial charge is 0.481 e. The fourth-order valence-corrected chi connectivity index (χ4v) is 2.27. The molecule has 5 heteroatoms. The number of ether oxygens (including phenoxy) is 1. The molecule has 1 fully saturated rings. The summed E-state index contributed by atoms with van der Waals surface area (Å²) in [7, 11) is 1.33. The van der Waals surface area contributed by atoms with E-state index in [4.69, 9.17) is 9.84 Å². The summed E-state index contributed by atoms with van der Waals surface area (Å²) in [6, 6.07) is 8.39. The molecule has 0 aromatic heterocycles. The zero-order chi connectivity index (χ0) is 13.8. The van der Waals surface area contributed by atoms with E-state index in [2.05, 4.69) is 5.32 Å². The van der Waals surface area contributed by atoms with Crippen molar-refractivity contribution in [2.45, 2.75) is 24.9 Å². The molecule has 0 spiro atoms. The van der Waals surface area contributed by atoms with E-state index in [1.54, 1.807) is 0 Å². The van der Waals surface area contributed by atoms with Crippen molar-refractivity contribution in [2.75, 3.05) is 7.11 Å². The van der Waals surface area contributed by atoms with Gasteiger partial charge < -0.3 is 9.84 Å². The van der Waals surface area contributed by atoms with Crippen molar-refractivity contribution in [1.29, 1.82) is 0 Å². The topological polar surface area (TPSA) is 75.6 Å². The summed E-state index contributed by atoms with van der Waals surface area (Å²) in [5.41, 5.74) is 0.783. The third-order valence-electron chi connectivity index (χ3n) is 3.54. The van der Waals surface area contributed by atoms with Gasteiger partial charge in [0.25, 0.3) is 0 Å². The molecule has 0 bridgehead atoms. The Morgan fingerprint density at radius 2 is 2.00 bits per heavy atom. The van der Waals surface area contributed by atoms with Crippen molar-refractivity contribution < 1.29 is 19.4 Å². The molecule has 3 atom stereocenters. The van der Waals surface area contributed by atoms with Crippen LogP contribution in [0.4, 0.5) is 0 Å². The van der Waals surface area contributed by atoms with E-state index in [-0.39, 0.29) is 6.04 Å². The van der Waals surface area contributed by atoms with Gasteiger partial charge >= 0.3 is 11.9 Å². The predicted molar refractivity (Wildman–Crippen MR) is 68.5 cm³/mol. The van der Waals surface area contributed by atoms with Gasteiger partial charge in [-0.3, -0.25) is 10.1 Å². The molecule has 1 aliphatic rings. The zero-order valence-corrected chi connectivity index (χ0v) is 10.7. The third-order valence-corrected chi connectivity index (χ3v) is 3.54. The molecular weight excluding hydrogens is 246 g/mol. The van der Waals surface area contributed by atoms with Crippen LogP contribution in [0.2, 0.25) is 0 Å². The molecule has 0 saturated heterocycles. The average molecular weight is 263 g/mol. The van der Waals surface area contributed by atoms with Crippen molar-refractivity contribution in [3.63, 3.8) is 0 Å². The summed E-state index contributed by atoms with van der Waals surface area (Å²) in [6.45, 7) is 0. The van der Waals surface area contributed by atoms with Gasteiger partial charge in [-0.15, -0.1) is 0 Å². The quantitative estimate of drug-likeness (QED) is 0.784. The molecule has 2 rings (SSSR count). The molecule has 1 saturated carbocycles. The highest BCUT2D eigenvalue weighted by Crippen LogP contribution is 2.30. The number of carbonyl (C=O) groups is 2. The van der Waals surface area contributed by atoms with E-state index in [0.29, 0.717) is 6.42 Å². The first-order valence-corrected chi connectivity index (χ1v) is 6.25. The van der Waals surface area contributed by atoms with Crippen LogP contribution in [0.25, 0.3) is 0 Å². The van der Waals surface area contributed by atoms with Gasteiger partial charge in [0, 0.05) is 6.04 Å². The first kappa shape index (κ1) is 13.5. The maximum atomic E-state index is 11.8. The van der Waals surface area contributed by atoms with Crippen LogP contribution in [0.15, 0.2) is 30.3 Å². The van der Waals surface area contributed by atoms with Crippen LogP contribution in [-0.2, 0) is 14.3 Å². The Bertz CT molecular complexity index is 460. The Morgan fingerprint density at radius 1 is 1.32 bits per heavy atom. The molecule has 0 aliphatic heterocycles. The van der Waals surface area contributed by atoms with E-state index >= 15 is 0 Å². The van der Waals surface area contributed by atoms with E-state index in [9.17, 15) is 9.59 Å². The fraction of sp³-hybridized carbons (Fsp3) is 0.429. The Balaban J connectivity index is 2.11. The number of aliphatic carboxylic acids is 1. The maximum absolute atomic E-state index is 11.8. The number of methoxy groups -OCH3 is 1. The number of nitrogens with one attached hydrogen (secondary N) is 1. The second-order valence-electron chi connectivity index (χ2n) is 4.66. The Labute approximate surface area is 111 Å². The minimum atomic E-state index is -0.819. The van der Waals surface area contributed by atoms with Crippen molar-refractivity contribution in [3.8, 4) is 0 Å². The number of hydrogen-bond acceptors (Lipinski definition) is 4. The van der Waals surface area contributed by atoms with Crippen LogP contribution in [0, 0.1) is 5.92 Å². The molecule has 0 amide bonds. The highest BCUT2D eigenvalue weighted by molar-refractivity contribution is 5.78. The van der Waals surface area contributed by atoms with Crippen LogP contribution in [0.1, 0.15) is 24.4 Å². The Kier molecular flexibility index (Phi) is 4.16. The maximum Gasteiger partial charge on any atom is 0.327 e. The highest BCUT2D eigenvalue weighted by Gasteiger charge is 2.39. The van der Waals surface area contributed by atoms with Gasteiger partial charge in [0.05, 0.1) is 13.0 Å². The fourth-order valence-electron chi connectivity index (χ4n) is 2.27. The minimum absolute atomic E-state index is 0.179. The van der Waals surface area contributed by atoms with Crippen LogP contribution >= 0.6 is 0 Å². The summed E-state index contributed by atoms with van der Waals surface area (Å²) < 4.78 is 4.78. The first-order chi connectivity index (χ1) is 9.13. The van der Waals surface area contributed by atoms with E-state index in [1.165, 1.54) is 7.11 Å². The van der Waals surface area contributed by atoms with E-state index in [1.807, 2.05) is 30.3 Å². The molecule has 0 heterocycles. The van der Waals surface area contributed by atoms with Gasteiger partial charge in [-0.25, -0.2) is 4.79 Å². The SMILES string of the molecule is COC(=O)C(NC1CCC1C(=O)O)c1ccccc1. The molecule has 2 N–H and O–H groups in total. The smallest absolute Gasteiger partial charge is 0.327 e. The highest BCUT2D eigenvalue weighted by atomic mass is 16.5. The lowest BCUT2D eigenvalue weighted by atomic mass is 9.79. The monoisotopic (exact) mass is 263 g/mol. The number of carbonyl (C=O) groups excluding carboxylic acids is 1. The summed E-state index contributed by atoms with van der Waals surface area (Å²) in [5.74, 6) is -1.64. The molecule has 1 aromatic carbocycles. The third kappa shape index (κ3) is 2.93. The van der Waals surface area contributed by atoms with Crippen LogP contribution in [0.3, 0.4) is 0 Å². The number of benzene rings is 1. The van der Waals surface area contributed by atoms with E-state index in [0.717, 1.165) is 12.0 Å². The van der Waals surface area contributed by atoms with Crippen molar-refractivity contribution in [1.82, 2.24) is 5.32 Å². The molecule has 0 radical (unpaired) electrons. The zero-order valence-electron chi connectivity index (χ0n) is 10.7. The normalized spacial score (nSPS) is 23.2. The second-order valence-corrected chi connectivity index (χ2v) is 4.66. The Hall–Kier alpha value is -1.88. The minimum Gasteiger partial charge on any atom is -0.481 e. The lowest BCUT2D eigenvalue weighted by Crippen LogP contribution is -2.50. The number of carboxylic acid groups (broad SMARTS) is 1. The molecule has 1 aliphatic carbocycles. The molecule has 19 heavy (non-hydrogen) atoms. The predicted octanol–water partition coefficient (Wildman–Crippen LogP) is 1.35. The summed E-state index contributed by atoms with van der Waals surface area (Å²) >= 11 is 0. The van der Waals surface area contributed by atoms with Crippen LogP contribution in [-0.4, -0.2) is 30.2 Å². The lowest BCUT2D eigenvalue weighted by molar-refractivity contribution is -0.149. The molecule has 1 aromatic rings. The van der Waals surface area contributed by atoms with Crippen molar-refractivity contribution in [3.05, 3.63) is 35.9 Å². The molecule has 102 valence electrons. The number of hydrogen-bond donors (Lipinski definition) is 2. The Morgan fingerprint density at radius 3 is 2.47 bits per heavy atom. The van der Waals surface area contributed by atoms with Crippen molar-refractivity contribution >= 4 is 11.9 Å². The molecule has 5 nitrogen and oxygen atoms in total. The van der Waals surface area contributed by atoms with Crippen LogP contribution < -0.4 is 5.32 Å². The van der Waals surface area contributed by atoms with Crippen LogP contribution in [0.5, 0.6) is 0 Å². The van der Waals surface area contributed by atoms with Gasteiger partial charge in [-0.05, 0) is 18.4 Å². The molecule has 3 unspecified atom stereocenters. The van der Waals surface area contributed by atoms with E-state index < -0.39 is 23.9 Å².